The molecule has 0 spiro atoms. The fourth-order valence-electron chi connectivity index (χ4n) is 1.74. The molecule has 0 aliphatic carbocycles. The monoisotopic (exact) mass is 302 g/mol. The third-order valence-corrected chi connectivity index (χ3v) is 2.71. The van der Waals surface area contributed by atoms with Gasteiger partial charge in [-0.05, 0) is 0 Å². The zero-order chi connectivity index (χ0) is 14.7. The fourth-order valence-corrected chi connectivity index (χ4v) is 1.93. The van der Waals surface area contributed by atoms with Crippen LogP contribution in [0.15, 0.2) is 11.0 Å². The summed E-state index contributed by atoms with van der Waals surface area (Å²) in [5.74, 6) is 0.965. The van der Waals surface area contributed by atoms with Crippen molar-refractivity contribution in [2.24, 2.45) is 0 Å². The zero-order valence-electron chi connectivity index (χ0n) is 9.97. The second-order valence-corrected chi connectivity index (χ2v) is 4.22. The number of aromatic amines is 1. The van der Waals surface area contributed by atoms with Crippen LogP contribution in [-0.4, -0.2) is 27.3 Å². The molecule has 20 heavy (non-hydrogen) atoms. The van der Waals surface area contributed by atoms with Gasteiger partial charge in [0.25, 0.3) is 0 Å². The van der Waals surface area contributed by atoms with Gasteiger partial charge in [-0.15, -0.1) is 0 Å². The van der Waals surface area contributed by atoms with Crippen LogP contribution in [-0.2, 0) is 15.8 Å². The van der Waals surface area contributed by atoms with Crippen LogP contribution in [0.2, 0.25) is 0 Å². The number of anilines is 1. The molecule has 3 N–H and O–H groups in total. The molecule has 2 heterocycles. The summed E-state index contributed by atoms with van der Waals surface area (Å²) in [6.07, 6.45) is -0.0402. The van der Waals surface area contributed by atoms with E-state index in [1.165, 1.54) is 4.57 Å². The molecule has 0 radical (unpaired) electrons. The van der Waals surface area contributed by atoms with Crippen molar-refractivity contribution in [2.75, 3.05) is 12.4 Å². The molecule has 2 rings (SSSR count). The number of aromatic nitrogens is 3. The van der Waals surface area contributed by atoms with Gasteiger partial charge in [0.2, 0.25) is 0 Å². The van der Waals surface area contributed by atoms with Gasteiger partial charge in [0, 0.05) is 0 Å². The normalized spacial score (nSPS) is 12.3. The number of rotatable bonds is 4. The van der Waals surface area contributed by atoms with E-state index in [0.29, 0.717) is 0 Å². The van der Waals surface area contributed by atoms with E-state index in [0.717, 1.165) is 6.20 Å². The minimum atomic E-state index is -1.03. The standard InChI is InChI=1S/C10H9F2N4O3P/c11-1-5(19-4-20-18)2-16-3-6(12)7-8(16)14-10(13)15-9(7)17/h3,5H,1-2H2,(H3,13,14,15,17)/t5-/m1/s1. The molecule has 1 atom stereocenters. The maximum atomic E-state index is 13.7. The Labute approximate surface area is 111 Å². The molecule has 0 unspecified atom stereocenters. The van der Waals surface area contributed by atoms with Crippen molar-refractivity contribution >= 4 is 24.9 Å². The number of nitrogens with zero attached hydrogens (tertiary/aromatic N) is 2. The molecule has 0 fully saturated rings. The summed E-state index contributed by atoms with van der Waals surface area (Å²) in [5, 5.41) is -0.272. The number of H-pyrrole nitrogens is 1. The Morgan fingerprint density at radius 2 is 2.40 bits per heavy atom. The van der Waals surface area contributed by atoms with Gasteiger partial charge in [0.15, 0.2) is 0 Å². The quantitative estimate of drug-likeness (QED) is 0.820. The number of alkyl halides is 1. The van der Waals surface area contributed by atoms with Gasteiger partial charge in [-0.1, -0.05) is 0 Å². The Morgan fingerprint density at radius 3 is 3.05 bits per heavy atom. The third-order valence-electron chi connectivity index (χ3n) is 2.53. The van der Waals surface area contributed by atoms with E-state index in [9.17, 15) is 18.1 Å². The van der Waals surface area contributed by atoms with Crippen LogP contribution in [0.1, 0.15) is 0 Å². The van der Waals surface area contributed by atoms with Crippen molar-refractivity contribution in [3.8, 4) is 5.81 Å². The molecule has 7 nitrogen and oxygen atoms in total. The first-order chi connectivity index (χ1) is 9.56. The van der Waals surface area contributed by atoms with E-state index < -0.39 is 32.1 Å². The van der Waals surface area contributed by atoms with E-state index in [1.54, 1.807) is 0 Å². The molecular weight excluding hydrogens is 293 g/mol. The molecule has 0 saturated heterocycles. The van der Waals surface area contributed by atoms with Crippen molar-refractivity contribution in [1.82, 2.24) is 14.5 Å². The van der Waals surface area contributed by atoms with E-state index in [1.807, 2.05) is 5.81 Å². The first kappa shape index (κ1) is 14.5. The van der Waals surface area contributed by atoms with Gasteiger partial charge >= 0.3 is 111 Å². The summed E-state index contributed by atoms with van der Waals surface area (Å²) in [4.78, 5) is 17.5. The van der Waals surface area contributed by atoms with Crippen molar-refractivity contribution < 1.29 is 18.1 Å². The second kappa shape index (κ2) is 6.00. The number of nitrogen functional groups attached to an aromatic ring is 1. The van der Waals surface area contributed by atoms with Gasteiger partial charge in [-0.2, -0.15) is 0 Å². The van der Waals surface area contributed by atoms with Crippen LogP contribution < -0.4 is 11.3 Å². The summed E-state index contributed by atoms with van der Waals surface area (Å²) >= 11 is 0. The van der Waals surface area contributed by atoms with Gasteiger partial charge in [0.1, 0.15) is 0 Å². The van der Waals surface area contributed by atoms with Gasteiger partial charge in [-0.3, -0.25) is 0 Å². The maximum absolute atomic E-state index is 13.7. The van der Waals surface area contributed by atoms with Crippen LogP contribution in [0, 0.1) is 11.6 Å². The summed E-state index contributed by atoms with van der Waals surface area (Å²) in [7, 11) is -0.530. The third kappa shape index (κ3) is 2.80. The Morgan fingerprint density at radius 1 is 1.65 bits per heavy atom. The molecular formula is C10H9F2N4O3P. The predicted molar refractivity (Wildman–Crippen MR) is 67.1 cm³/mol. The van der Waals surface area contributed by atoms with Crippen LogP contribution in [0.4, 0.5) is 14.7 Å². The molecule has 106 valence electrons. The summed E-state index contributed by atoms with van der Waals surface area (Å²) in [6, 6.07) is 0. The molecule has 0 amide bonds. The van der Waals surface area contributed by atoms with Crippen molar-refractivity contribution in [3.63, 3.8) is 0 Å². The number of ether oxygens (including phenoxy) is 1. The van der Waals surface area contributed by atoms with E-state index in [2.05, 4.69) is 9.97 Å². The summed E-state index contributed by atoms with van der Waals surface area (Å²) in [5.41, 5.74) is 4.64. The Hall–Kier alpha value is -1.95. The molecule has 0 aromatic carbocycles. The molecule has 0 aliphatic heterocycles. The minimum absolute atomic E-state index is 0.0227. The number of fused-ring (bicyclic) bond motifs is 1. The first-order valence-corrected chi connectivity index (χ1v) is 6.21. The zero-order valence-corrected chi connectivity index (χ0v) is 10.9. The molecule has 0 saturated carbocycles. The van der Waals surface area contributed by atoms with E-state index >= 15 is 0 Å². The van der Waals surface area contributed by atoms with Crippen molar-refractivity contribution in [1.29, 1.82) is 0 Å². The van der Waals surface area contributed by atoms with E-state index in [4.69, 9.17) is 10.5 Å². The molecule has 10 heteroatoms. The molecule has 2 aromatic heterocycles. The topological polar surface area (TPSA) is 103 Å². The number of nitrogens with one attached hydrogen (secondary N) is 1. The van der Waals surface area contributed by atoms with E-state index in [-0.39, 0.29) is 23.5 Å². The average Bonchev–Trinajstić information content (AvgIpc) is 2.70. The molecule has 0 bridgehead atoms. The summed E-state index contributed by atoms with van der Waals surface area (Å²) in [6.45, 7) is -1.06. The van der Waals surface area contributed by atoms with Gasteiger partial charge in [0.05, 0.1) is 0 Å². The number of hydrogen-bond donors (Lipinski definition) is 2. The van der Waals surface area contributed by atoms with Crippen molar-refractivity contribution in [2.45, 2.75) is 12.6 Å². The second-order valence-electron chi connectivity index (χ2n) is 3.86. The number of nitrogens with two attached hydrogens (primary N) is 1. The first-order valence-electron chi connectivity index (χ1n) is 5.40. The summed E-state index contributed by atoms with van der Waals surface area (Å²) < 4.78 is 42.5. The molecule has 0 aliphatic rings. The van der Waals surface area contributed by atoms with Crippen LogP contribution in [0.5, 0.6) is 0 Å². The van der Waals surface area contributed by atoms with Gasteiger partial charge in [-0.25, -0.2) is 0 Å². The molecule has 2 aromatic rings. The van der Waals surface area contributed by atoms with Gasteiger partial charge < -0.3 is 0 Å². The average molecular weight is 302 g/mol. The Balaban J connectivity index is 2.46. The SMILES string of the molecule is Nc1nc2c(c(F)cn2C[C@@H](CF)OC#P=O)c(=O)[nH]1. The van der Waals surface area contributed by atoms with Crippen LogP contribution in [0.3, 0.4) is 0 Å². The Kier molecular flexibility index (Phi) is 4.34. The fraction of sp³-hybridized carbons (Fsp3) is 0.300. The number of hydrogen-bond acceptors (Lipinski definition) is 5. The predicted octanol–water partition coefficient (Wildman–Crippen LogP) is 1.01. The number of halogens is 2. The van der Waals surface area contributed by atoms with Crippen molar-refractivity contribution in [3.05, 3.63) is 22.4 Å². The van der Waals surface area contributed by atoms with Crippen LogP contribution >= 0.6 is 7.92 Å². The van der Waals surface area contributed by atoms with Crippen LogP contribution in [0.25, 0.3) is 11.0 Å². The Bertz CT molecular complexity index is 798.